The van der Waals surface area contributed by atoms with Crippen molar-refractivity contribution in [1.82, 2.24) is 34.7 Å². The van der Waals surface area contributed by atoms with Gasteiger partial charge in [-0.1, -0.05) is 5.16 Å². The van der Waals surface area contributed by atoms with Crippen molar-refractivity contribution in [2.75, 3.05) is 36.0 Å². The molecule has 28 heavy (non-hydrogen) atoms. The van der Waals surface area contributed by atoms with Gasteiger partial charge in [-0.3, -0.25) is 0 Å². The molecule has 0 amide bonds. The van der Waals surface area contributed by atoms with E-state index in [0.717, 1.165) is 49.1 Å². The zero-order valence-corrected chi connectivity index (χ0v) is 15.6. The van der Waals surface area contributed by atoms with Crippen LogP contribution in [0.4, 0.5) is 11.6 Å². The number of rotatable bonds is 3. The van der Waals surface area contributed by atoms with Gasteiger partial charge in [0.2, 0.25) is 0 Å². The predicted molar refractivity (Wildman–Crippen MR) is 102 cm³/mol. The van der Waals surface area contributed by atoms with Crippen LogP contribution in [0.15, 0.2) is 35.2 Å². The molecule has 0 saturated carbocycles. The molecule has 5 heterocycles. The molecule has 4 aromatic heterocycles. The zero-order chi connectivity index (χ0) is 19.1. The van der Waals surface area contributed by atoms with Crippen LogP contribution in [-0.2, 0) is 0 Å². The van der Waals surface area contributed by atoms with Crippen molar-refractivity contribution in [2.45, 2.75) is 13.8 Å². The second-order valence-electron chi connectivity index (χ2n) is 6.72. The van der Waals surface area contributed by atoms with Crippen LogP contribution in [0.3, 0.4) is 0 Å². The molecular weight excluding hydrogens is 358 g/mol. The summed E-state index contributed by atoms with van der Waals surface area (Å²) < 4.78 is 7.15. The van der Waals surface area contributed by atoms with Crippen LogP contribution in [-0.4, -0.2) is 60.9 Å². The maximum absolute atomic E-state index is 5.36. The second kappa shape index (κ2) is 6.55. The monoisotopic (exact) mass is 377 g/mol. The smallest absolute Gasteiger partial charge is 0.261 e. The van der Waals surface area contributed by atoms with E-state index in [1.807, 2.05) is 32.0 Å². The van der Waals surface area contributed by atoms with Gasteiger partial charge >= 0.3 is 0 Å². The van der Waals surface area contributed by atoms with Crippen molar-refractivity contribution in [2.24, 2.45) is 0 Å². The van der Waals surface area contributed by atoms with Crippen molar-refractivity contribution < 1.29 is 4.52 Å². The van der Waals surface area contributed by atoms with E-state index in [-0.39, 0.29) is 0 Å². The van der Waals surface area contributed by atoms with E-state index < -0.39 is 0 Å². The van der Waals surface area contributed by atoms with Gasteiger partial charge < -0.3 is 14.3 Å². The third-order valence-corrected chi connectivity index (χ3v) is 4.81. The highest BCUT2D eigenvalue weighted by Crippen LogP contribution is 2.29. The summed E-state index contributed by atoms with van der Waals surface area (Å²) in [6.45, 7) is 7.07. The lowest BCUT2D eigenvalue weighted by molar-refractivity contribution is 0.425. The number of hydrogen-bond donors (Lipinski definition) is 0. The standard InChI is InChI=1S/C18H19N9O/c1-12-10-15(27-18(22-12)20-11-21-27)25-6-8-26(9-7-25)16-14(4-3-5-19-16)17-23-13(2)24-28-17/h3-5,10-11H,6-9H2,1-2H3. The SMILES string of the molecule is Cc1cc(N2CCN(c3ncccc3-c3nc(C)no3)CC2)n2ncnc2n1. The van der Waals surface area contributed by atoms with Crippen LogP contribution in [0.5, 0.6) is 0 Å². The van der Waals surface area contributed by atoms with Crippen LogP contribution in [0, 0.1) is 13.8 Å². The molecule has 0 radical (unpaired) electrons. The lowest BCUT2D eigenvalue weighted by Gasteiger charge is -2.37. The molecule has 0 aliphatic carbocycles. The molecule has 0 unspecified atom stereocenters. The molecular formula is C18H19N9O. The topological polar surface area (TPSA) is 101 Å². The minimum Gasteiger partial charge on any atom is -0.353 e. The van der Waals surface area contributed by atoms with Crippen LogP contribution < -0.4 is 9.80 Å². The van der Waals surface area contributed by atoms with Crippen molar-refractivity contribution in [1.29, 1.82) is 0 Å². The minimum absolute atomic E-state index is 0.497. The fourth-order valence-electron chi connectivity index (χ4n) is 3.51. The number of hydrogen-bond acceptors (Lipinski definition) is 9. The van der Waals surface area contributed by atoms with Crippen LogP contribution in [0.1, 0.15) is 11.5 Å². The average Bonchev–Trinajstić information content (AvgIpc) is 3.36. The van der Waals surface area contributed by atoms with Gasteiger partial charge in [0.15, 0.2) is 5.82 Å². The molecule has 0 aromatic carbocycles. The molecule has 1 saturated heterocycles. The molecule has 1 aliphatic heterocycles. The van der Waals surface area contributed by atoms with Crippen molar-refractivity contribution >= 4 is 17.4 Å². The van der Waals surface area contributed by atoms with Gasteiger partial charge in [-0.2, -0.15) is 19.6 Å². The van der Waals surface area contributed by atoms with Gasteiger partial charge in [0.05, 0.1) is 5.56 Å². The highest BCUT2D eigenvalue weighted by molar-refractivity contribution is 5.70. The van der Waals surface area contributed by atoms with Crippen LogP contribution in [0.25, 0.3) is 17.2 Å². The third-order valence-electron chi connectivity index (χ3n) is 4.81. The molecule has 10 heteroatoms. The number of pyridine rings is 1. The van der Waals surface area contributed by atoms with E-state index in [1.165, 1.54) is 6.33 Å². The zero-order valence-electron chi connectivity index (χ0n) is 15.6. The average molecular weight is 377 g/mol. The molecule has 0 N–H and O–H groups in total. The van der Waals surface area contributed by atoms with E-state index in [2.05, 4.69) is 40.0 Å². The lowest BCUT2D eigenvalue weighted by Crippen LogP contribution is -2.47. The van der Waals surface area contributed by atoms with E-state index in [1.54, 1.807) is 10.7 Å². The van der Waals surface area contributed by atoms with Gasteiger partial charge in [0, 0.05) is 44.1 Å². The van der Waals surface area contributed by atoms with Gasteiger partial charge in [-0.05, 0) is 26.0 Å². The minimum atomic E-state index is 0.497. The number of aromatic nitrogens is 7. The summed E-state index contributed by atoms with van der Waals surface area (Å²) in [5, 5.41) is 8.22. The summed E-state index contributed by atoms with van der Waals surface area (Å²) in [6.07, 6.45) is 3.33. The largest absolute Gasteiger partial charge is 0.353 e. The summed E-state index contributed by atoms with van der Waals surface area (Å²) in [4.78, 5) is 22.1. The first-order valence-corrected chi connectivity index (χ1v) is 9.12. The summed E-state index contributed by atoms with van der Waals surface area (Å²) in [5.74, 6) is 3.60. The highest BCUT2D eigenvalue weighted by Gasteiger charge is 2.24. The molecule has 1 fully saturated rings. The van der Waals surface area contributed by atoms with Crippen molar-refractivity contribution in [3.8, 4) is 11.5 Å². The number of anilines is 2. The maximum Gasteiger partial charge on any atom is 0.261 e. The second-order valence-corrected chi connectivity index (χ2v) is 6.72. The fraction of sp³-hybridized carbons (Fsp3) is 0.333. The predicted octanol–water partition coefficient (Wildman–Crippen LogP) is 1.51. The van der Waals surface area contributed by atoms with Crippen LogP contribution in [0.2, 0.25) is 0 Å². The number of nitrogens with zero attached hydrogens (tertiary/aromatic N) is 9. The molecule has 0 spiro atoms. The van der Waals surface area contributed by atoms with Gasteiger partial charge in [-0.25, -0.2) is 9.97 Å². The molecule has 10 nitrogen and oxygen atoms in total. The molecule has 142 valence electrons. The van der Waals surface area contributed by atoms with Crippen LogP contribution >= 0.6 is 0 Å². The van der Waals surface area contributed by atoms with E-state index in [9.17, 15) is 0 Å². The fourth-order valence-corrected chi connectivity index (χ4v) is 3.51. The Labute approximate surface area is 160 Å². The summed E-state index contributed by atoms with van der Waals surface area (Å²) in [6, 6.07) is 5.90. The first kappa shape index (κ1) is 16.6. The Morgan fingerprint density at radius 3 is 2.61 bits per heavy atom. The first-order chi connectivity index (χ1) is 13.7. The van der Waals surface area contributed by atoms with Crippen molar-refractivity contribution in [3.63, 3.8) is 0 Å². The maximum atomic E-state index is 5.36. The Kier molecular flexibility index (Phi) is 3.89. The van der Waals surface area contributed by atoms with E-state index >= 15 is 0 Å². The molecule has 5 rings (SSSR count). The Morgan fingerprint density at radius 1 is 1.00 bits per heavy atom. The van der Waals surface area contributed by atoms with E-state index in [0.29, 0.717) is 17.5 Å². The molecule has 1 aliphatic rings. The quantitative estimate of drug-likeness (QED) is 0.526. The third kappa shape index (κ3) is 2.82. The highest BCUT2D eigenvalue weighted by atomic mass is 16.5. The van der Waals surface area contributed by atoms with Gasteiger partial charge in [0.25, 0.3) is 11.7 Å². The number of piperazine rings is 1. The Hall–Kier alpha value is -3.56. The summed E-state index contributed by atoms with van der Waals surface area (Å²) >= 11 is 0. The van der Waals surface area contributed by atoms with Gasteiger partial charge in [0.1, 0.15) is 18.0 Å². The normalized spacial score (nSPS) is 14.8. The Bertz CT molecular complexity index is 1130. The lowest BCUT2D eigenvalue weighted by atomic mass is 10.2. The summed E-state index contributed by atoms with van der Waals surface area (Å²) in [5.41, 5.74) is 1.78. The number of aryl methyl sites for hydroxylation is 2. The summed E-state index contributed by atoms with van der Waals surface area (Å²) in [7, 11) is 0. The molecule has 0 atom stereocenters. The first-order valence-electron chi connectivity index (χ1n) is 9.12. The van der Waals surface area contributed by atoms with Crippen molar-refractivity contribution in [3.05, 3.63) is 42.2 Å². The Balaban J connectivity index is 1.40. The number of fused-ring (bicyclic) bond motifs is 1. The molecule has 4 aromatic rings. The van der Waals surface area contributed by atoms with E-state index in [4.69, 9.17) is 4.52 Å². The van der Waals surface area contributed by atoms with Gasteiger partial charge in [-0.15, -0.1) is 0 Å². The molecule has 0 bridgehead atoms. The Morgan fingerprint density at radius 2 is 1.82 bits per heavy atom.